The van der Waals surface area contributed by atoms with E-state index in [1.807, 2.05) is 0 Å². The molecular formula is C17H32N2O3. The zero-order chi connectivity index (χ0) is 16.8. The fraction of sp³-hybridized carbons (Fsp3) is 0.882. The molecule has 128 valence electrons. The second kappa shape index (κ2) is 7.84. The van der Waals surface area contributed by atoms with Gasteiger partial charge < -0.3 is 15.4 Å². The first-order chi connectivity index (χ1) is 10.1. The molecular weight excluding hydrogens is 280 g/mol. The molecule has 0 saturated heterocycles. The Hall–Kier alpha value is -1.26. The van der Waals surface area contributed by atoms with Crippen molar-refractivity contribution in [1.82, 2.24) is 10.6 Å². The molecule has 0 unspecified atom stereocenters. The molecule has 0 radical (unpaired) electrons. The Morgan fingerprint density at radius 1 is 0.909 bits per heavy atom. The molecule has 0 aliphatic heterocycles. The quantitative estimate of drug-likeness (QED) is 0.838. The molecule has 0 aromatic rings. The lowest BCUT2D eigenvalue weighted by atomic mass is 9.95. The second-order valence-electron chi connectivity index (χ2n) is 7.77. The summed E-state index contributed by atoms with van der Waals surface area (Å²) in [7, 11) is 0. The van der Waals surface area contributed by atoms with E-state index in [1.165, 1.54) is 19.3 Å². The summed E-state index contributed by atoms with van der Waals surface area (Å²) in [5.41, 5.74) is -1.55. The number of carbonyl (C=O) groups is 2. The molecule has 2 N–H and O–H groups in total. The molecule has 1 saturated carbocycles. The standard InChI is InChI=1S/C17H32N2O3/c1-16(2,3)22-15(21)19-17(4,5)14(20)18-13-11-9-7-6-8-10-12-13/h13H,6-12H2,1-5H3,(H,18,20)(H,19,21). The van der Waals surface area contributed by atoms with E-state index in [1.54, 1.807) is 34.6 Å². The van der Waals surface area contributed by atoms with Crippen LogP contribution in [0.4, 0.5) is 4.79 Å². The minimum Gasteiger partial charge on any atom is -0.444 e. The van der Waals surface area contributed by atoms with E-state index in [0.717, 1.165) is 25.7 Å². The van der Waals surface area contributed by atoms with Crippen LogP contribution in [0.15, 0.2) is 0 Å². The zero-order valence-corrected chi connectivity index (χ0v) is 14.8. The minimum absolute atomic E-state index is 0.149. The summed E-state index contributed by atoms with van der Waals surface area (Å²) in [6.45, 7) is 8.81. The summed E-state index contributed by atoms with van der Waals surface area (Å²) in [6, 6.07) is 0.215. The van der Waals surface area contributed by atoms with Gasteiger partial charge in [0.2, 0.25) is 5.91 Å². The van der Waals surface area contributed by atoms with Gasteiger partial charge in [0.05, 0.1) is 0 Å². The molecule has 0 bridgehead atoms. The number of hydrogen-bond donors (Lipinski definition) is 2. The maximum Gasteiger partial charge on any atom is 0.408 e. The van der Waals surface area contributed by atoms with E-state index in [0.29, 0.717) is 0 Å². The average molecular weight is 312 g/mol. The van der Waals surface area contributed by atoms with Crippen LogP contribution in [0.2, 0.25) is 0 Å². The SMILES string of the molecule is CC(C)(C)OC(=O)NC(C)(C)C(=O)NC1CCCCCCC1. The summed E-state index contributed by atoms with van der Waals surface area (Å²) in [5, 5.41) is 5.74. The van der Waals surface area contributed by atoms with Crippen LogP contribution in [-0.2, 0) is 9.53 Å². The first-order valence-electron chi connectivity index (χ1n) is 8.42. The highest BCUT2D eigenvalue weighted by atomic mass is 16.6. The third kappa shape index (κ3) is 7.14. The van der Waals surface area contributed by atoms with Crippen LogP contribution in [0.25, 0.3) is 0 Å². The predicted octanol–water partition coefficient (Wildman–Crippen LogP) is 3.52. The number of hydrogen-bond acceptors (Lipinski definition) is 3. The van der Waals surface area contributed by atoms with Crippen molar-refractivity contribution < 1.29 is 14.3 Å². The van der Waals surface area contributed by atoms with Crippen molar-refractivity contribution in [2.45, 2.75) is 96.7 Å². The van der Waals surface area contributed by atoms with Crippen LogP contribution >= 0.6 is 0 Å². The van der Waals surface area contributed by atoms with E-state index in [2.05, 4.69) is 10.6 Å². The van der Waals surface area contributed by atoms with Crippen LogP contribution in [0.1, 0.15) is 79.6 Å². The van der Waals surface area contributed by atoms with Gasteiger partial charge in [-0.1, -0.05) is 32.1 Å². The first-order valence-corrected chi connectivity index (χ1v) is 8.42. The third-order valence-corrected chi connectivity index (χ3v) is 3.82. The molecule has 1 fully saturated rings. The van der Waals surface area contributed by atoms with Gasteiger partial charge in [-0.15, -0.1) is 0 Å². The molecule has 0 heterocycles. The summed E-state index contributed by atoms with van der Waals surface area (Å²) in [4.78, 5) is 24.3. The average Bonchev–Trinajstić information content (AvgIpc) is 2.28. The van der Waals surface area contributed by atoms with Crippen LogP contribution < -0.4 is 10.6 Å². The maximum atomic E-state index is 12.5. The number of alkyl carbamates (subject to hydrolysis) is 1. The highest BCUT2D eigenvalue weighted by molar-refractivity contribution is 5.89. The molecule has 1 rings (SSSR count). The number of amides is 2. The van der Waals surface area contributed by atoms with E-state index >= 15 is 0 Å². The number of ether oxygens (including phenoxy) is 1. The lowest BCUT2D eigenvalue weighted by Crippen LogP contribution is -2.57. The molecule has 0 aromatic heterocycles. The molecule has 1 aliphatic rings. The molecule has 22 heavy (non-hydrogen) atoms. The Balaban J connectivity index is 2.52. The van der Waals surface area contributed by atoms with Gasteiger partial charge in [0.1, 0.15) is 11.1 Å². The van der Waals surface area contributed by atoms with Crippen molar-refractivity contribution in [1.29, 1.82) is 0 Å². The first kappa shape index (κ1) is 18.8. The Morgan fingerprint density at radius 3 is 1.91 bits per heavy atom. The molecule has 2 amide bonds. The molecule has 0 aromatic carbocycles. The van der Waals surface area contributed by atoms with Crippen LogP contribution in [-0.4, -0.2) is 29.2 Å². The van der Waals surface area contributed by atoms with Crippen LogP contribution in [0.5, 0.6) is 0 Å². The summed E-state index contributed by atoms with van der Waals surface area (Å²) < 4.78 is 5.22. The van der Waals surface area contributed by atoms with Gasteiger partial charge in [-0.3, -0.25) is 4.79 Å². The van der Waals surface area contributed by atoms with Gasteiger partial charge >= 0.3 is 6.09 Å². The van der Waals surface area contributed by atoms with Gasteiger partial charge in [0.25, 0.3) is 0 Å². The van der Waals surface area contributed by atoms with Crippen molar-refractivity contribution in [2.75, 3.05) is 0 Å². The fourth-order valence-corrected chi connectivity index (χ4v) is 2.58. The van der Waals surface area contributed by atoms with Gasteiger partial charge in [-0.2, -0.15) is 0 Å². The Kier molecular flexibility index (Phi) is 6.69. The van der Waals surface area contributed by atoms with Crippen LogP contribution in [0, 0.1) is 0 Å². The Bertz CT molecular complexity index is 378. The van der Waals surface area contributed by atoms with E-state index in [9.17, 15) is 9.59 Å². The molecule has 0 atom stereocenters. The van der Waals surface area contributed by atoms with Gasteiger partial charge in [-0.25, -0.2) is 4.79 Å². The lowest BCUT2D eigenvalue weighted by Gasteiger charge is -2.30. The largest absolute Gasteiger partial charge is 0.444 e. The van der Waals surface area contributed by atoms with Gasteiger partial charge in [0, 0.05) is 6.04 Å². The monoisotopic (exact) mass is 312 g/mol. The normalized spacial score (nSPS) is 18.0. The summed E-state index contributed by atoms with van der Waals surface area (Å²) in [5.74, 6) is -0.149. The molecule has 0 spiro atoms. The van der Waals surface area contributed by atoms with Crippen molar-refractivity contribution in [3.63, 3.8) is 0 Å². The number of carbonyl (C=O) groups excluding carboxylic acids is 2. The lowest BCUT2D eigenvalue weighted by molar-refractivity contribution is -0.127. The Morgan fingerprint density at radius 2 is 1.41 bits per heavy atom. The van der Waals surface area contributed by atoms with Crippen LogP contribution in [0.3, 0.4) is 0 Å². The number of nitrogens with one attached hydrogen (secondary N) is 2. The summed E-state index contributed by atoms with van der Waals surface area (Å²) >= 11 is 0. The minimum atomic E-state index is -0.981. The fourth-order valence-electron chi connectivity index (χ4n) is 2.58. The van der Waals surface area contributed by atoms with Gasteiger partial charge in [-0.05, 0) is 47.5 Å². The molecule has 1 aliphatic carbocycles. The van der Waals surface area contributed by atoms with Crippen molar-refractivity contribution in [3.8, 4) is 0 Å². The highest BCUT2D eigenvalue weighted by Crippen LogP contribution is 2.18. The summed E-state index contributed by atoms with van der Waals surface area (Å²) in [6.07, 6.45) is 7.58. The molecule has 5 nitrogen and oxygen atoms in total. The van der Waals surface area contributed by atoms with Crippen molar-refractivity contribution in [2.24, 2.45) is 0 Å². The van der Waals surface area contributed by atoms with Gasteiger partial charge in [0.15, 0.2) is 0 Å². The predicted molar refractivity (Wildman–Crippen MR) is 87.7 cm³/mol. The smallest absolute Gasteiger partial charge is 0.408 e. The highest BCUT2D eigenvalue weighted by Gasteiger charge is 2.32. The van der Waals surface area contributed by atoms with E-state index in [-0.39, 0.29) is 11.9 Å². The van der Waals surface area contributed by atoms with Crippen molar-refractivity contribution >= 4 is 12.0 Å². The Labute approximate surface area is 134 Å². The molecule has 5 heteroatoms. The third-order valence-electron chi connectivity index (χ3n) is 3.82. The van der Waals surface area contributed by atoms with E-state index < -0.39 is 17.2 Å². The topological polar surface area (TPSA) is 67.4 Å². The number of rotatable bonds is 3. The maximum absolute atomic E-state index is 12.5. The van der Waals surface area contributed by atoms with E-state index in [4.69, 9.17) is 4.74 Å². The van der Waals surface area contributed by atoms with Crippen molar-refractivity contribution in [3.05, 3.63) is 0 Å². The zero-order valence-electron chi connectivity index (χ0n) is 14.8. The second-order valence-corrected chi connectivity index (χ2v) is 7.77.